The molecule has 6 heteroatoms. The fourth-order valence-electron chi connectivity index (χ4n) is 3.13. The monoisotopic (exact) mass is 329 g/mol. The van der Waals surface area contributed by atoms with Crippen LogP contribution in [0.2, 0.25) is 0 Å². The Balaban J connectivity index is 1.62. The van der Waals surface area contributed by atoms with Gasteiger partial charge in [0.05, 0.1) is 12.3 Å². The zero-order valence-electron chi connectivity index (χ0n) is 13.7. The Kier molecular flexibility index (Phi) is 5.48. The molecule has 128 valence electrons. The van der Waals surface area contributed by atoms with Crippen LogP contribution >= 0.6 is 0 Å². The van der Waals surface area contributed by atoms with Crippen LogP contribution in [0.3, 0.4) is 0 Å². The zero-order chi connectivity index (χ0) is 16.8. The minimum absolute atomic E-state index is 0.0323. The quantitative estimate of drug-likeness (QED) is 0.877. The van der Waals surface area contributed by atoms with Crippen LogP contribution in [0.5, 0.6) is 0 Å². The summed E-state index contributed by atoms with van der Waals surface area (Å²) < 4.78 is 6.97. The van der Waals surface area contributed by atoms with Crippen molar-refractivity contribution in [1.82, 2.24) is 14.8 Å². The first kappa shape index (κ1) is 16.5. The molecule has 24 heavy (non-hydrogen) atoms. The maximum Gasteiger partial charge on any atom is 0.250 e. The maximum atomic E-state index is 12.2. The molecule has 0 unspecified atom stereocenters. The number of carbonyl (C=O) groups excluding carboxylic acids is 1. The van der Waals surface area contributed by atoms with Crippen LogP contribution in [0.25, 0.3) is 0 Å². The van der Waals surface area contributed by atoms with Crippen LogP contribution in [0.1, 0.15) is 31.1 Å². The molecule has 0 radical (unpaired) electrons. The van der Waals surface area contributed by atoms with Gasteiger partial charge >= 0.3 is 0 Å². The van der Waals surface area contributed by atoms with Crippen LogP contribution in [0.4, 0.5) is 0 Å². The van der Waals surface area contributed by atoms with E-state index in [2.05, 4.69) is 10.2 Å². The smallest absolute Gasteiger partial charge is 0.250 e. The van der Waals surface area contributed by atoms with Crippen LogP contribution < -0.4 is 10.9 Å². The highest BCUT2D eigenvalue weighted by Crippen LogP contribution is 2.24. The molecular formula is C18H23N3O3. The third kappa shape index (κ3) is 4.14. The van der Waals surface area contributed by atoms with E-state index in [1.165, 1.54) is 29.9 Å². The SMILES string of the molecule is O=C(Cn1ccccc1=O)NC[C@@H](c1ccco1)N1CCCCC1. The highest BCUT2D eigenvalue weighted by molar-refractivity contribution is 5.75. The molecule has 2 aromatic rings. The molecule has 1 N–H and O–H groups in total. The number of hydrogen-bond acceptors (Lipinski definition) is 4. The normalized spacial score (nSPS) is 16.7. The molecular weight excluding hydrogens is 306 g/mol. The van der Waals surface area contributed by atoms with Crippen molar-refractivity contribution in [1.29, 1.82) is 0 Å². The van der Waals surface area contributed by atoms with E-state index in [9.17, 15) is 9.59 Å². The molecule has 0 aromatic carbocycles. The lowest BCUT2D eigenvalue weighted by Crippen LogP contribution is -2.41. The number of pyridine rings is 1. The standard InChI is InChI=1S/C18H23N3O3/c22-17(14-21-11-5-2-8-18(21)23)19-13-15(16-7-6-12-24-16)20-9-3-1-4-10-20/h2,5-8,11-12,15H,1,3-4,9-10,13-14H2,(H,19,22)/t15-/m0/s1. The highest BCUT2D eigenvalue weighted by atomic mass is 16.3. The third-order valence-corrected chi connectivity index (χ3v) is 4.41. The first-order valence-corrected chi connectivity index (χ1v) is 8.43. The second-order valence-corrected chi connectivity index (χ2v) is 6.10. The van der Waals surface area contributed by atoms with Crippen LogP contribution in [-0.2, 0) is 11.3 Å². The van der Waals surface area contributed by atoms with Gasteiger partial charge in [0, 0.05) is 18.8 Å². The van der Waals surface area contributed by atoms with Gasteiger partial charge in [-0.05, 0) is 44.1 Å². The third-order valence-electron chi connectivity index (χ3n) is 4.41. The van der Waals surface area contributed by atoms with E-state index in [4.69, 9.17) is 4.42 Å². The number of nitrogens with one attached hydrogen (secondary N) is 1. The van der Waals surface area contributed by atoms with Gasteiger partial charge in [0.2, 0.25) is 5.91 Å². The average molecular weight is 329 g/mol. The molecule has 1 atom stereocenters. The van der Waals surface area contributed by atoms with E-state index < -0.39 is 0 Å². The molecule has 1 fully saturated rings. The van der Waals surface area contributed by atoms with Gasteiger partial charge in [-0.25, -0.2) is 0 Å². The Hall–Kier alpha value is -2.34. The van der Waals surface area contributed by atoms with Crippen molar-refractivity contribution in [2.24, 2.45) is 0 Å². The van der Waals surface area contributed by atoms with E-state index in [0.29, 0.717) is 6.54 Å². The number of nitrogens with zero attached hydrogens (tertiary/aromatic N) is 2. The summed E-state index contributed by atoms with van der Waals surface area (Å²) in [7, 11) is 0. The Labute approximate surface area is 141 Å². The summed E-state index contributed by atoms with van der Waals surface area (Å²) in [5.74, 6) is 0.700. The number of furan rings is 1. The van der Waals surface area contributed by atoms with E-state index >= 15 is 0 Å². The Morgan fingerprint density at radius 3 is 2.71 bits per heavy atom. The largest absolute Gasteiger partial charge is 0.468 e. The molecule has 3 rings (SSSR count). The van der Waals surface area contributed by atoms with Gasteiger partial charge in [-0.1, -0.05) is 12.5 Å². The Morgan fingerprint density at radius 1 is 1.17 bits per heavy atom. The van der Waals surface area contributed by atoms with Crippen molar-refractivity contribution in [2.75, 3.05) is 19.6 Å². The summed E-state index contributed by atoms with van der Waals surface area (Å²) in [5, 5.41) is 2.94. The number of hydrogen-bond donors (Lipinski definition) is 1. The van der Waals surface area contributed by atoms with Crippen LogP contribution in [0, 0.1) is 0 Å². The number of aromatic nitrogens is 1. The Bertz CT molecular complexity index is 702. The number of amides is 1. The zero-order valence-corrected chi connectivity index (χ0v) is 13.7. The summed E-state index contributed by atoms with van der Waals surface area (Å²) in [6, 6.07) is 8.72. The Morgan fingerprint density at radius 2 is 2.00 bits per heavy atom. The predicted molar refractivity (Wildman–Crippen MR) is 90.6 cm³/mol. The lowest BCUT2D eigenvalue weighted by Gasteiger charge is -2.33. The molecule has 0 spiro atoms. The van der Waals surface area contributed by atoms with E-state index in [1.54, 1.807) is 24.6 Å². The van der Waals surface area contributed by atoms with E-state index in [-0.39, 0.29) is 24.1 Å². The minimum atomic E-state index is -0.175. The highest BCUT2D eigenvalue weighted by Gasteiger charge is 2.24. The first-order chi connectivity index (χ1) is 11.7. The van der Waals surface area contributed by atoms with Crippen LogP contribution in [0.15, 0.2) is 52.0 Å². The van der Waals surface area contributed by atoms with Gasteiger partial charge in [0.15, 0.2) is 0 Å². The van der Waals surface area contributed by atoms with Crippen molar-refractivity contribution in [3.63, 3.8) is 0 Å². The van der Waals surface area contributed by atoms with Crippen molar-refractivity contribution in [2.45, 2.75) is 31.8 Å². The minimum Gasteiger partial charge on any atom is -0.468 e. The van der Waals surface area contributed by atoms with E-state index in [1.807, 2.05) is 12.1 Å². The number of rotatable bonds is 6. The molecule has 1 saturated heterocycles. The lowest BCUT2D eigenvalue weighted by atomic mass is 10.1. The molecule has 1 aliphatic rings. The summed E-state index contributed by atoms with van der Waals surface area (Å²) in [6.07, 6.45) is 6.88. The van der Waals surface area contributed by atoms with Gasteiger partial charge < -0.3 is 14.3 Å². The lowest BCUT2D eigenvalue weighted by molar-refractivity contribution is -0.122. The summed E-state index contributed by atoms with van der Waals surface area (Å²) >= 11 is 0. The van der Waals surface area contributed by atoms with E-state index in [0.717, 1.165) is 18.8 Å². The summed E-state index contributed by atoms with van der Waals surface area (Å²) in [4.78, 5) is 26.2. The van der Waals surface area contributed by atoms with Crippen molar-refractivity contribution < 1.29 is 9.21 Å². The van der Waals surface area contributed by atoms with Crippen LogP contribution in [-0.4, -0.2) is 35.0 Å². The van der Waals surface area contributed by atoms with Gasteiger partial charge in [0.1, 0.15) is 12.3 Å². The molecule has 1 aliphatic heterocycles. The summed E-state index contributed by atoms with van der Waals surface area (Å²) in [5.41, 5.74) is -0.175. The second kappa shape index (κ2) is 7.97. The fraction of sp³-hybridized carbons (Fsp3) is 0.444. The first-order valence-electron chi connectivity index (χ1n) is 8.43. The number of likely N-dealkylation sites (tertiary alicyclic amines) is 1. The van der Waals surface area contributed by atoms with Crippen molar-refractivity contribution in [3.8, 4) is 0 Å². The van der Waals surface area contributed by atoms with Gasteiger partial charge in [-0.3, -0.25) is 14.5 Å². The summed E-state index contributed by atoms with van der Waals surface area (Å²) in [6.45, 7) is 2.54. The van der Waals surface area contributed by atoms with Gasteiger partial charge in [-0.15, -0.1) is 0 Å². The maximum absolute atomic E-state index is 12.2. The fourth-order valence-corrected chi connectivity index (χ4v) is 3.13. The van der Waals surface area contributed by atoms with Crippen molar-refractivity contribution in [3.05, 3.63) is 58.9 Å². The second-order valence-electron chi connectivity index (χ2n) is 6.10. The average Bonchev–Trinajstić information content (AvgIpc) is 3.12. The molecule has 0 saturated carbocycles. The molecule has 1 amide bonds. The predicted octanol–water partition coefficient (Wildman–Crippen LogP) is 1.78. The molecule has 0 bridgehead atoms. The molecule has 6 nitrogen and oxygen atoms in total. The topological polar surface area (TPSA) is 67.5 Å². The number of piperidine rings is 1. The van der Waals surface area contributed by atoms with Crippen molar-refractivity contribution >= 4 is 5.91 Å². The molecule has 3 heterocycles. The van der Waals surface area contributed by atoms with Gasteiger partial charge in [-0.2, -0.15) is 0 Å². The molecule has 2 aromatic heterocycles. The number of carbonyl (C=O) groups is 1. The van der Waals surface area contributed by atoms with Gasteiger partial charge in [0.25, 0.3) is 5.56 Å². The molecule has 0 aliphatic carbocycles.